The van der Waals surface area contributed by atoms with E-state index in [1.165, 1.54) is 24.0 Å². The highest BCUT2D eigenvalue weighted by atomic mass is 14.7. The smallest absolute Gasteiger partial charge is 0.0626 e. The molecule has 0 N–H and O–H groups in total. The standard InChI is InChI=1S/C11H13N/c1-3-10-6-8(2)11(7-12-10)9-4-5-9/h3,6-7,9H,1,4-5H2,2H3. The molecular weight excluding hydrogens is 146 g/mol. The highest BCUT2D eigenvalue weighted by Gasteiger charge is 2.25. The third-order valence-corrected chi connectivity index (χ3v) is 2.40. The Kier molecular flexibility index (Phi) is 1.72. The van der Waals surface area contributed by atoms with Crippen molar-refractivity contribution in [3.63, 3.8) is 0 Å². The molecule has 0 atom stereocenters. The van der Waals surface area contributed by atoms with Gasteiger partial charge in [-0.25, -0.2) is 0 Å². The van der Waals surface area contributed by atoms with Gasteiger partial charge in [-0.15, -0.1) is 0 Å². The summed E-state index contributed by atoms with van der Waals surface area (Å²) >= 11 is 0. The van der Waals surface area contributed by atoms with Gasteiger partial charge in [0.25, 0.3) is 0 Å². The van der Waals surface area contributed by atoms with Gasteiger partial charge in [0.05, 0.1) is 5.69 Å². The van der Waals surface area contributed by atoms with Crippen LogP contribution >= 0.6 is 0 Å². The first kappa shape index (κ1) is 7.53. The number of aromatic nitrogens is 1. The highest BCUT2D eigenvalue weighted by Crippen LogP contribution is 2.41. The molecule has 1 saturated carbocycles. The van der Waals surface area contributed by atoms with E-state index in [-0.39, 0.29) is 0 Å². The van der Waals surface area contributed by atoms with Crippen molar-refractivity contribution in [1.82, 2.24) is 4.98 Å². The number of aryl methyl sites for hydroxylation is 1. The molecule has 62 valence electrons. The van der Waals surface area contributed by atoms with E-state index in [0.29, 0.717) is 0 Å². The number of nitrogens with zero attached hydrogens (tertiary/aromatic N) is 1. The van der Waals surface area contributed by atoms with Crippen molar-refractivity contribution in [2.75, 3.05) is 0 Å². The highest BCUT2D eigenvalue weighted by molar-refractivity contribution is 5.45. The predicted octanol–water partition coefficient (Wildman–Crippen LogP) is 2.91. The van der Waals surface area contributed by atoms with Crippen LogP contribution in [0.2, 0.25) is 0 Å². The van der Waals surface area contributed by atoms with Crippen molar-refractivity contribution in [1.29, 1.82) is 0 Å². The Morgan fingerprint density at radius 1 is 1.58 bits per heavy atom. The molecule has 1 heteroatoms. The number of hydrogen-bond acceptors (Lipinski definition) is 1. The van der Waals surface area contributed by atoms with Gasteiger partial charge in [0.1, 0.15) is 0 Å². The molecule has 1 fully saturated rings. The first-order chi connectivity index (χ1) is 5.81. The van der Waals surface area contributed by atoms with E-state index in [1.54, 1.807) is 6.08 Å². The monoisotopic (exact) mass is 159 g/mol. The van der Waals surface area contributed by atoms with Gasteiger partial charge in [-0.3, -0.25) is 4.98 Å². The SMILES string of the molecule is C=Cc1cc(C)c(C2CC2)cn1. The zero-order chi connectivity index (χ0) is 8.55. The van der Waals surface area contributed by atoms with Gasteiger partial charge < -0.3 is 0 Å². The summed E-state index contributed by atoms with van der Waals surface area (Å²) < 4.78 is 0. The maximum Gasteiger partial charge on any atom is 0.0626 e. The van der Waals surface area contributed by atoms with E-state index < -0.39 is 0 Å². The quantitative estimate of drug-likeness (QED) is 0.646. The minimum Gasteiger partial charge on any atom is -0.257 e. The Hall–Kier alpha value is -1.11. The van der Waals surface area contributed by atoms with E-state index in [1.807, 2.05) is 6.20 Å². The molecule has 0 unspecified atom stereocenters. The lowest BCUT2D eigenvalue weighted by molar-refractivity contribution is 1.06. The molecule has 0 bridgehead atoms. The van der Waals surface area contributed by atoms with Gasteiger partial charge in [-0.2, -0.15) is 0 Å². The second-order valence-corrected chi connectivity index (χ2v) is 3.44. The molecule has 2 rings (SSSR count). The molecule has 0 spiro atoms. The molecular formula is C11H13N. The summed E-state index contributed by atoms with van der Waals surface area (Å²) in [5.74, 6) is 0.802. The van der Waals surface area contributed by atoms with E-state index in [0.717, 1.165) is 11.6 Å². The van der Waals surface area contributed by atoms with Crippen LogP contribution < -0.4 is 0 Å². The molecule has 1 aliphatic carbocycles. The first-order valence-electron chi connectivity index (χ1n) is 4.40. The van der Waals surface area contributed by atoms with Crippen molar-refractivity contribution in [3.05, 3.63) is 35.7 Å². The normalized spacial score (nSPS) is 16.1. The molecule has 0 aromatic carbocycles. The van der Waals surface area contributed by atoms with E-state index >= 15 is 0 Å². The average Bonchev–Trinajstić information content (AvgIpc) is 2.87. The Morgan fingerprint density at radius 2 is 2.33 bits per heavy atom. The summed E-state index contributed by atoms with van der Waals surface area (Å²) in [5.41, 5.74) is 3.78. The fourth-order valence-corrected chi connectivity index (χ4v) is 1.52. The van der Waals surface area contributed by atoms with Crippen molar-refractivity contribution < 1.29 is 0 Å². The summed E-state index contributed by atoms with van der Waals surface area (Å²) in [7, 11) is 0. The second-order valence-electron chi connectivity index (χ2n) is 3.44. The lowest BCUT2D eigenvalue weighted by atomic mass is 10.1. The van der Waals surface area contributed by atoms with Crippen LogP contribution in [0.1, 0.15) is 35.6 Å². The Morgan fingerprint density at radius 3 is 2.83 bits per heavy atom. The molecule has 1 aromatic rings. The molecule has 0 amide bonds. The summed E-state index contributed by atoms with van der Waals surface area (Å²) in [6.45, 7) is 5.85. The average molecular weight is 159 g/mol. The van der Waals surface area contributed by atoms with Gasteiger partial charge in [-0.05, 0) is 49.0 Å². The zero-order valence-electron chi connectivity index (χ0n) is 7.38. The number of pyridine rings is 1. The van der Waals surface area contributed by atoms with Crippen molar-refractivity contribution >= 4 is 6.08 Å². The van der Waals surface area contributed by atoms with Crippen LogP contribution in [0.3, 0.4) is 0 Å². The van der Waals surface area contributed by atoms with Crippen LogP contribution in [-0.2, 0) is 0 Å². The molecule has 1 aromatic heterocycles. The molecule has 1 aliphatic rings. The lowest BCUT2D eigenvalue weighted by Gasteiger charge is -2.03. The summed E-state index contributed by atoms with van der Waals surface area (Å²) in [6.07, 6.45) is 6.49. The topological polar surface area (TPSA) is 12.9 Å². The van der Waals surface area contributed by atoms with Gasteiger partial charge >= 0.3 is 0 Å². The Balaban J connectivity index is 2.38. The molecule has 1 heterocycles. The van der Waals surface area contributed by atoms with E-state index in [9.17, 15) is 0 Å². The zero-order valence-corrected chi connectivity index (χ0v) is 7.38. The van der Waals surface area contributed by atoms with Crippen molar-refractivity contribution in [2.24, 2.45) is 0 Å². The number of hydrogen-bond donors (Lipinski definition) is 0. The van der Waals surface area contributed by atoms with E-state index in [4.69, 9.17) is 0 Å². The van der Waals surface area contributed by atoms with Crippen LogP contribution in [0.25, 0.3) is 6.08 Å². The largest absolute Gasteiger partial charge is 0.257 e. The minimum absolute atomic E-state index is 0.802. The fraction of sp³-hybridized carbons (Fsp3) is 0.364. The lowest BCUT2D eigenvalue weighted by Crippen LogP contribution is -1.89. The summed E-state index contributed by atoms with van der Waals surface area (Å²) in [4.78, 5) is 4.30. The maximum absolute atomic E-state index is 4.30. The van der Waals surface area contributed by atoms with Crippen molar-refractivity contribution in [2.45, 2.75) is 25.7 Å². The maximum atomic E-state index is 4.30. The molecule has 0 aliphatic heterocycles. The van der Waals surface area contributed by atoms with Crippen LogP contribution in [-0.4, -0.2) is 4.98 Å². The van der Waals surface area contributed by atoms with Crippen LogP contribution in [0, 0.1) is 6.92 Å². The second kappa shape index (κ2) is 2.74. The fourth-order valence-electron chi connectivity index (χ4n) is 1.52. The van der Waals surface area contributed by atoms with Crippen molar-refractivity contribution in [3.8, 4) is 0 Å². The van der Waals surface area contributed by atoms with Crippen LogP contribution in [0.15, 0.2) is 18.8 Å². The third kappa shape index (κ3) is 1.27. The van der Waals surface area contributed by atoms with Gasteiger partial charge in [0.2, 0.25) is 0 Å². The molecule has 12 heavy (non-hydrogen) atoms. The van der Waals surface area contributed by atoms with Crippen LogP contribution in [0.4, 0.5) is 0 Å². The first-order valence-corrected chi connectivity index (χ1v) is 4.40. The summed E-state index contributed by atoms with van der Waals surface area (Å²) in [5, 5.41) is 0. The van der Waals surface area contributed by atoms with Gasteiger partial charge in [0, 0.05) is 6.20 Å². The van der Waals surface area contributed by atoms with Gasteiger partial charge in [0.15, 0.2) is 0 Å². The summed E-state index contributed by atoms with van der Waals surface area (Å²) in [6, 6.07) is 2.11. The van der Waals surface area contributed by atoms with Gasteiger partial charge in [-0.1, -0.05) is 6.58 Å². The predicted molar refractivity (Wildman–Crippen MR) is 51.0 cm³/mol. The van der Waals surface area contributed by atoms with Crippen LogP contribution in [0.5, 0.6) is 0 Å². The molecule has 1 nitrogen and oxygen atoms in total. The molecule has 0 radical (unpaired) electrons. The third-order valence-electron chi connectivity index (χ3n) is 2.40. The number of rotatable bonds is 2. The molecule has 0 saturated heterocycles. The Labute approximate surface area is 73.1 Å². The van der Waals surface area contributed by atoms with E-state index in [2.05, 4.69) is 24.6 Å². The minimum atomic E-state index is 0.802. The Bertz CT molecular complexity index is 311.